The van der Waals surface area contributed by atoms with Crippen LogP contribution in [-0.4, -0.2) is 32.0 Å². The van der Waals surface area contributed by atoms with Gasteiger partial charge in [0.2, 0.25) is 0 Å². The number of pyridine rings is 1. The molecule has 0 fully saturated rings. The Hall–Kier alpha value is -4.25. The van der Waals surface area contributed by atoms with Gasteiger partial charge in [-0.3, -0.25) is 4.68 Å². The minimum atomic E-state index is -0.489. The molecule has 3 aromatic heterocycles. The molecule has 2 aromatic carbocycles. The normalized spacial score (nSPS) is 12.0. The Morgan fingerprint density at radius 2 is 1.86 bits per heavy atom. The van der Waals surface area contributed by atoms with Crippen molar-refractivity contribution in [3.05, 3.63) is 78.1 Å². The summed E-state index contributed by atoms with van der Waals surface area (Å²) in [6.07, 6.45) is 4.94. The third-order valence-electron chi connectivity index (χ3n) is 5.89. The number of rotatable bonds is 7. The number of amides is 2. The van der Waals surface area contributed by atoms with Gasteiger partial charge in [-0.2, -0.15) is 5.10 Å². The maximum Gasteiger partial charge on any atom is 0.323 e. The van der Waals surface area contributed by atoms with Crippen molar-refractivity contribution in [1.29, 1.82) is 0 Å². The summed E-state index contributed by atoms with van der Waals surface area (Å²) >= 11 is 1.59. The molecule has 5 rings (SSSR count). The van der Waals surface area contributed by atoms with E-state index >= 15 is 0 Å². The molecular weight excluding hydrogens is 486 g/mol. The van der Waals surface area contributed by atoms with E-state index in [1.54, 1.807) is 35.3 Å². The van der Waals surface area contributed by atoms with Crippen LogP contribution in [0.15, 0.2) is 72.5 Å². The van der Waals surface area contributed by atoms with Crippen LogP contribution in [0.1, 0.15) is 12.5 Å². The van der Waals surface area contributed by atoms with Crippen LogP contribution in [0.4, 0.5) is 22.0 Å². The van der Waals surface area contributed by atoms with Gasteiger partial charge >= 0.3 is 6.03 Å². The summed E-state index contributed by atoms with van der Waals surface area (Å²) in [6.45, 7) is 2.55. The van der Waals surface area contributed by atoms with Gasteiger partial charge in [0, 0.05) is 57.1 Å². The van der Waals surface area contributed by atoms with Gasteiger partial charge in [0.05, 0.1) is 18.8 Å². The van der Waals surface area contributed by atoms with Crippen molar-refractivity contribution in [1.82, 2.24) is 14.8 Å². The number of anilines is 3. The Balaban J connectivity index is 1.37. The molecular formula is C27H27N7O2S. The van der Waals surface area contributed by atoms with Crippen molar-refractivity contribution >= 4 is 44.6 Å². The van der Waals surface area contributed by atoms with Crippen LogP contribution in [0.2, 0.25) is 0 Å². The number of aliphatic hydroxyl groups excluding tert-OH is 1. The zero-order valence-electron chi connectivity index (χ0n) is 20.2. The molecule has 0 unspecified atom stereocenters. The molecule has 0 radical (unpaired) electrons. The lowest BCUT2D eigenvalue weighted by Crippen LogP contribution is -2.19. The molecule has 0 aliphatic carbocycles. The van der Waals surface area contributed by atoms with E-state index in [0.717, 1.165) is 37.9 Å². The SMILES string of the molecule is C[C@H](O)Cn1cc(-c2cnc(N)c3c(-c4ccc(NC(=O)Nc5cccc(CN)c5)cc4)csc23)cn1. The summed E-state index contributed by atoms with van der Waals surface area (Å²) in [5, 5.41) is 22.6. The Morgan fingerprint density at radius 3 is 2.62 bits per heavy atom. The van der Waals surface area contributed by atoms with E-state index in [1.807, 2.05) is 54.7 Å². The predicted octanol–water partition coefficient (Wildman–Crippen LogP) is 4.89. The van der Waals surface area contributed by atoms with E-state index in [9.17, 15) is 9.90 Å². The molecule has 37 heavy (non-hydrogen) atoms. The van der Waals surface area contributed by atoms with Crippen LogP contribution in [0.5, 0.6) is 0 Å². The minimum Gasteiger partial charge on any atom is -0.391 e. The number of nitrogens with one attached hydrogen (secondary N) is 2. The molecule has 0 saturated carbocycles. The lowest BCUT2D eigenvalue weighted by molar-refractivity contribution is 0.168. The van der Waals surface area contributed by atoms with Crippen LogP contribution >= 0.6 is 11.3 Å². The molecule has 0 aliphatic rings. The highest BCUT2D eigenvalue weighted by molar-refractivity contribution is 7.18. The zero-order valence-corrected chi connectivity index (χ0v) is 21.0. The van der Waals surface area contributed by atoms with Gasteiger partial charge in [-0.15, -0.1) is 11.3 Å². The molecule has 0 bridgehead atoms. The first-order valence-electron chi connectivity index (χ1n) is 11.8. The standard InChI is InChI=1S/C27H27N7O2S/c1-16(35)13-34-14-19(11-31-34)22-12-30-26(29)24-23(15-37-25(22)24)18-5-7-20(8-6-18)32-27(36)33-21-4-2-3-17(9-21)10-28/h2-9,11-12,14-16,35H,10,13,28H2,1H3,(H2,29,30)(H2,32,33,36)/t16-/m0/s1. The van der Waals surface area contributed by atoms with E-state index in [4.69, 9.17) is 11.5 Å². The van der Waals surface area contributed by atoms with Crippen molar-refractivity contribution in [3.63, 3.8) is 0 Å². The van der Waals surface area contributed by atoms with Crippen LogP contribution in [-0.2, 0) is 13.1 Å². The molecule has 9 nitrogen and oxygen atoms in total. The fraction of sp³-hybridized carbons (Fsp3) is 0.148. The average Bonchev–Trinajstić information content (AvgIpc) is 3.53. The Morgan fingerprint density at radius 1 is 1.08 bits per heavy atom. The van der Waals surface area contributed by atoms with Crippen molar-refractivity contribution in [2.75, 3.05) is 16.4 Å². The molecule has 1 atom stereocenters. The van der Waals surface area contributed by atoms with Crippen molar-refractivity contribution < 1.29 is 9.90 Å². The minimum absolute atomic E-state index is 0.336. The number of urea groups is 1. The summed E-state index contributed by atoms with van der Waals surface area (Å²) in [5.74, 6) is 0.452. The van der Waals surface area contributed by atoms with Gasteiger partial charge in [0.25, 0.3) is 0 Å². The smallest absolute Gasteiger partial charge is 0.323 e. The highest BCUT2D eigenvalue weighted by atomic mass is 32.1. The number of carbonyl (C=O) groups is 1. The molecule has 0 aliphatic heterocycles. The van der Waals surface area contributed by atoms with E-state index in [2.05, 4.69) is 26.1 Å². The number of nitrogens with two attached hydrogens (primary N) is 2. The molecule has 2 amide bonds. The first-order chi connectivity index (χ1) is 17.9. The molecule has 188 valence electrons. The number of thiophene rings is 1. The highest BCUT2D eigenvalue weighted by Gasteiger charge is 2.16. The number of hydrogen-bond acceptors (Lipinski definition) is 7. The number of fused-ring (bicyclic) bond motifs is 1. The Labute approximate surface area is 217 Å². The fourth-order valence-electron chi connectivity index (χ4n) is 4.16. The van der Waals surface area contributed by atoms with Gasteiger partial charge < -0.3 is 27.2 Å². The summed E-state index contributed by atoms with van der Waals surface area (Å²) in [4.78, 5) is 16.9. The summed E-state index contributed by atoms with van der Waals surface area (Å²) in [7, 11) is 0. The summed E-state index contributed by atoms with van der Waals surface area (Å²) in [6, 6.07) is 14.7. The van der Waals surface area contributed by atoms with Crippen LogP contribution < -0.4 is 22.1 Å². The van der Waals surface area contributed by atoms with Crippen LogP contribution in [0, 0.1) is 0 Å². The first-order valence-corrected chi connectivity index (χ1v) is 12.6. The zero-order chi connectivity index (χ0) is 25.9. The number of carbonyl (C=O) groups excluding carboxylic acids is 1. The number of nitrogens with zero attached hydrogens (tertiary/aromatic N) is 3. The third kappa shape index (κ3) is 5.31. The average molecular weight is 514 g/mol. The largest absolute Gasteiger partial charge is 0.391 e. The predicted molar refractivity (Wildman–Crippen MR) is 149 cm³/mol. The van der Waals surface area contributed by atoms with Crippen LogP contribution in [0.25, 0.3) is 32.3 Å². The highest BCUT2D eigenvalue weighted by Crippen LogP contribution is 2.41. The Kier molecular flexibility index (Phi) is 6.87. The second kappa shape index (κ2) is 10.4. The molecule has 0 spiro atoms. The number of aromatic nitrogens is 3. The van der Waals surface area contributed by atoms with E-state index in [-0.39, 0.29) is 6.03 Å². The number of hydrogen-bond donors (Lipinski definition) is 5. The molecule has 10 heteroatoms. The molecule has 5 aromatic rings. The monoisotopic (exact) mass is 513 g/mol. The quantitative estimate of drug-likeness (QED) is 0.210. The first kappa shape index (κ1) is 24.4. The van der Waals surface area contributed by atoms with Gasteiger partial charge in [-0.25, -0.2) is 9.78 Å². The number of aliphatic hydroxyl groups is 1. The number of nitrogen functional groups attached to an aromatic ring is 1. The van der Waals surface area contributed by atoms with Crippen molar-refractivity contribution in [2.24, 2.45) is 5.73 Å². The van der Waals surface area contributed by atoms with E-state index in [1.165, 1.54) is 0 Å². The number of benzene rings is 2. The molecule has 7 N–H and O–H groups in total. The van der Waals surface area contributed by atoms with E-state index in [0.29, 0.717) is 30.3 Å². The Bertz CT molecular complexity index is 1560. The van der Waals surface area contributed by atoms with E-state index < -0.39 is 6.10 Å². The second-order valence-corrected chi connectivity index (χ2v) is 9.65. The fourth-order valence-corrected chi connectivity index (χ4v) is 5.28. The molecule has 3 heterocycles. The van der Waals surface area contributed by atoms with Gasteiger partial charge in [-0.1, -0.05) is 24.3 Å². The van der Waals surface area contributed by atoms with Crippen LogP contribution in [0.3, 0.4) is 0 Å². The molecule has 0 saturated heterocycles. The van der Waals surface area contributed by atoms with Gasteiger partial charge in [-0.05, 0) is 47.7 Å². The second-order valence-electron chi connectivity index (χ2n) is 8.77. The maximum atomic E-state index is 12.5. The third-order valence-corrected chi connectivity index (χ3v) is 6.91. The summed E-state index contributed by atoms with van der Waals surface area (Å²) < 4.78 is 2.73. The van der Waals surface area contributed by atoms with Gasteiger partial charge in [0.15, 0.2) is 0 Å². The van der Waals surface area contributed by atoms with Crippen molar-refractivity contribution in [2.45, 2.75) is 26.1 Å². The summed E-state index contributed by atoms with van der Waals surface area (Å²) in [5.41, 5.74) is 18.0. The van der Waals surface area contributed by atoms with Gasteiger partial charge in [0.1, 0.15) is 5.82 Å². The lowest BCUT2D eigenvalue weighted by atomic mass is 10.0. The van der Waals surface area contributed by atoms with Crippen molar-refractivity contribution in [3.8, 4) is 22.3 Å². The topological polar surface area (TPSA) is 144 Å². The maximum absolute atomic E-state index is 12.5. The lowest BCUT2D eigenvalue weighted by Gasteiger charge is -2.10.